The summed E-state index contributed by atoms with van der Waals surface area (Å²) in [6.07, 6.45) is 3.37. The molecule has 0 amide bonds. The van der Waals surface area contributed by atoms with E-state index in [2.05, 4.69) is 11.8 Å². The zero-order valence-corrected chi connectivity index (χ0v) is 11.5. The Balaban J connectivity index is 2.41. The second-order valence-electron chi connectivity index (χ2n) is 4.55. The molecule has 1 saturated heterocycles. The van der Waals surface area contributed by atoms with E-state index < -0.39 is 4.92 Å². The maximum Gasteiger partial charge on any atom is 0.272 e. The van der Waals surface area contributed by atoms with Gasteiger partial charge in [0.2, 0.25) is 0 Å². The fourth-order valence-corrected chi connectivity index (χ4v) is 3.05. The van der Waals surface area contributed by atoms with Crippen LogP contribution in [0.2, 0.25) is 10.0 Å². The van der Waals surface area contributed by atoms with Gasteiger partial charge in [0, 0.05) is 24.7 Å². The van der Waals surface area contributed by atoms with Crippen LogP contribution in [0.5, 0.6) is 0 Å². The Morgan fingerprint density at radius 1 is 1.33 bits per heavy atom. The first kappa shape index (κ1) is 13.4. The van der Waals surface area contributed by atoms with Crippen LogP contribution in [-0.2, 0) is 0 Å². The second-order valence-corrected chi connectivity index (χ2v) is 5.37. The quantitative estimate of drug-likeness (QED) is 0.603. The molecule has 1 aromatic carbocycles. The van der Waals surface area contributed by atoms with Gasteiger partial charge in [-0.05, 0) is 26.2 Å². The lowest BCUT2D eigenvalue weighted by Gasteiger charge is -2.36. The molecule has 1 aliphatic heterocycles. The first-order chi connectivity index (χ1) is 8.50. The molecule has 0 N–H and O–H groups in total. The van der Waals surface area contributed by atoms with Crippen molar-refractivity contribution in [3.05, 3.63) is 32.3 Å². The van der Waals surface area contributed by atoms with E-state index in [9.17, 15) is 10.1 Å². The first-order valence-corrected chi connectivity index (χ1v) is 6.66. The molecule has 98 valence electrons. The Bertz CT molecular complexity index is 456. The molecule has 0 spiro atoms. The van der Waals surface area contributed by atoms with Crippen LogP contribution in [0.15, 0.2) is 12.1 Å². The van der Waals surface area contributed by atoms with Crippen molar-refractivity contribution < 1.29 is 4.92 Å². The Hall–Kier alpha value is -1.00. The minimum atomic E-state index is -0.485. The van der Waals surface area contributed by atoms with Crippen LogP contribution in [0, 0.1) is 10.1 Å². The lowest BCUT2D eigenvalue weighted by Crippen LogP contribution is -2.37. The van der Waals surface area contributed by atoms with E-state index in [-0.39, 0.29) is 5.69 Å². The molecule has 18 heavy (non-hydrogen) atoms. The first-order valence-electron chi connectivity index (χ1n) is 5.91. The third-order valence-electron chi connectivity index (χ3n) is 3.30. The highest BCUT2D eigenvalue weighted by molar-refractivity contribution is 6.39. The van der Waals surface area contributed by atoms with Crippen molar-refractivity contribution in [3.63, 3.8) is 0 Å². The summed E-state index contributed by atoms with van der Waals surface area (Å²) < 4.78 is 0. The molecule has 1 heterocycles. The predicted octanol–water partition coefficient (Wildman–Crippen LogP) is 4.28. The van der Waals surface area contributed by atoms with Crippen LogP contribution in [0.25, 0.3) is 0 Å². The van der Waals surface area contributed by atoms with Crippen molar-refractivity contribution in [1.82, 2.24) is 0 Å². The topological polar surface area (TPSA) is 46.4 Å². The highest BCUT2D eigenvalue weighted by Crippen LogP contribution is 2.39. The highest BCUT2D eigenvalue weighted by Gasteiger charge is 2.24. The Morgan fingerprint density at radius 2 is 1.94 bits per heavy atom. The van der Waals surface area contributed by atoms with Gasteiger partial charge in [0.05, 0.1) is 20.7 Å². The lowest BCUT2D eigenvalue weighted by atomic mass is 10.0. The van der Waals surface area contributed by atoms with Gasteiger partial charge in [0.25, 0.3) is 5.69 Å². The zero-order valence-electron chi connectivity index (χ0n) is 10.0. The van der Waals surface area contributed by atoms with Crippen molar-refractivity contribution in [3.8, 4) is 0 Å². The molecule has 2 rings (SSSR count). The third kappa shape index (κ3) is 2.54. The van der Waals surface area contributed by atoms with Gasteiger partial charge in [-0.1, -0.05) is 23.2 Å². The number of nitrogens with zero attached hydrogens (tertiary/aromatic N) is 2. The van der Waals surface area contributed by atoms with Gasteiger partial charge in [-0.25, -0.2) is 0 Å². The van der Waals surface area contributed by atoms with Gasteiger partial charge in [-0.3, -0.25) is 10.1 Å². The molecule has 1 fully saturated rings. The zero-order chi connectivity index (χ0) is 13.3. The van der Waals surface area contributed by atoms with Crippen LogP contribution in [-0.4, -0.2) is 17.5 Å². The number of hydrogen-bond donors (Lipinski definition) is 0. The molecule has 0 radical (unpaired) electrons. The van der Waals surface area contributed by atoms with Gasteiger partial charge in [-0.2, -0.15) is 0 Å². The average molecular weight is 289 g/mol. The molecule has 6 heteroatoms. The van der Waals surface area contributed by atoms with Crippen molar-refractivity contribution in [2.75, 3.05) is 11.4 Å². The highest BCUT2D eigenvalue weighted by atomic mass is 35.5. The van der Waals surface area contributed by atoms with Crippen molar-refractivity contribution in [1.29, 1.82) is 0 Å². The molecule has 1 aliphatic rings. The molecule has 1 aromatic rings. The number of non-ortho nitro benzene ring substituents is 1. The summed E-state index contributed by atoms with van der Waals surface area (Å²) in [4.78, 5) is 12.4. The molecule has 0 aromatic heterocycles. The summed E-state index contributed by atoms with van der Waals surface area (Å²) in [6.45, 7) is 3.01. The average Bonchev–Trinajstić information content (AvgIpc) is 2.30. The number of nitro benzene ring substituents is 1. The minimum Gasteiger partial charge on any atom is -0.366 e. The van der Waals surface area contributed by atoms with Gasteiger partial charge in [-0.15, -0.1) is 0 Å². The fourth-order valence-electron chi connectivity index (χ4n) is 2.36. The van der Waals surface area contributed by atoms with Crippen LogP contribution < -0.4 is 4.90 Å². The smallest absolute Gasteiger partial charge is 0.272 e. The lowest BCUT2D eigenvalue weighted by molar-refractivity contribution is -0.384. The van der Waals surface area contributed by atoms with Gasteiger partial charge >= 0.3 is 0 Å². The van der Waals surface area contributed by atoms with E-state index in [0.717, 1.165) is 25.1 Å². The Labute approximate surface area is 116 Å². The van der Waals surface area contributed by atoms with Crippen molar-refractivity contribution >= 4 is 34.6 Å². The Kier molecular flexibility index (Phi) is 3.97. The van der Waals surface area contributed by atoms with E-state index in [4.69, 9.17) is 23.2 Å². The summed E-state index contributed by atoms with van der Waals surface area (Å²) in [7, 11) is 0. The van der Waals surface area contributed by atoms with E-state index in [1.165, 1.54) is 18.6 Å². The summed E-state index contributed by atoms with van der Waals surface area (Å²) >= 11 is 12.3. The van der Waals surface area contributed by atoms with Gasteiger partial charge in [0.15, 0.2) is 0 Å². The van der Waals surface area contributed by atoms with E-state index in [1.54, 1.807) is 0 Å². The molecule has 0 aliphatic carbocycles. The van der Waals surface area contributed by atoms with Crippen molar-refractivity contribution in [2.24, 2.45) is 0 Å². The number of benzene rings is 1. The van der Waals surface area contributed by atoms with Gasteiger partial charge in [0.1, 0.15) is 0 Å². The number of rotatable bonds is 2. The van der Waals surface area contributed by atoms with Crippen LogP contribution in [0.3, 0.4) is 0 Å². The number of hydrogen-bond acceptors (Lipinski definition) is 3. The standard InChI is InChI=1S/C12H14Cl2N2O2/c1-8-4-2-3-5-15(8)12-10(13)6-9(16(17)18)7-11(12)14/h6-8H,2-5H2,1H3. The molecule has 4 nitrogen and oxygen atoms in total. The van der Waals surface area contributed by atoms with E-state index >= 15 is 0 Å². The number of piperidine rings is 1. The van der Waals surface area contributed by atoms with Gasteiger partial charge < -0.3 is 4.90 Å². The monoisotopic (exact) mass is 288 g/mol. The number of nitro groups is 1. The summed E-state index contributed by atoms with van der Waals surface area (Å²) in [6, 6.07) is 3.09. The maximum atomic E-state index is 10.7. The maximum absolute atomic E-state index is 10.7. The number of halogens is 2. The molecule has 0 bridgehead atoms. The van der Waals surface area contributed by atoms with E-state index in [1.807, 2.05) is 0 Å². The second kappa shape index (κ2) is 5.33. The summed E-state index contributed by atoms with van der Waals surface area (Å²) in [5, 5.41) is 11.4. The van der Waals surface area contributed by atoms with E-state index in [0.29, 0.717) is 16.1 Å². The molecular weight excluding hydrogens is 275 g/mol. The molecule has 1 unspecified atom stereocenters. The van der Waals surface area contributed by atoms with Crippen LogP contribution in [0.1, 0.15) is 26.2 Å². The predicted molar refractivity (Wildman–Crippen MR) is 73.8 cm³/mol. The van der Waals surface area contributed by atoms with Crippen LogP contribution >= 0.6 is 23.2 Å². The SMILES string of the molecule is CC1CCCCN1c1c(Cl)cc([N+](=O)[O-])cc1Cl. The summed E-state index contributed by atoms with van der Waals surface area (Å²) in [5.41, 5.74) is 0.648. The molecular formula is C12H14Cl2N2O2. The normalized spacial score (nSPS) is 19.9. The van der Waals surface area contributed by atoms with Crippen molar-refractivity contribution in [2.45, 2.75) is 32.2 Å². The third-order valence-corrected chi connectivity index (χ3v) is 3.88. The minimum absolute atomic E-state index is 0.0709. The number of anilines is 1. The largest absolute Gasteiger partial charge is 0.366 e. The fraction of sp³-hybridized carbons (Fsp3) is 0.500. The summed E-state index contributed by atoms with van der Waals surface area (Å²) in [5.74, 6) is 0. The molecule has 1 atom stereocenters. The molecule has 0 saturated carbocycles. The Morgan fingerprint density at radius 3 is 2.44 bits per heavy atom. The van der Waals surface area contributed by atoms with Crippen LogP contribution in [0.4, 0.5) is 11.4 Å².